The average molecular weight is 259 g/mol. The number of carbonyl (C=O) groups is 1. The van der Waals surface area contributed by atoms with Crippen molar-refractivity contribution in [3.8, 4) is 0 Å². The molecule has 1 rings (SSSR count). The lowest BCUT2D eigenvalue weighted by Crippen LogP contribution is -2.10. The number of nitrogens with zero attached hydrogens (tertiary/aromatic N) is 2. The molecule has 0 aliphatic rings. The van der Waals surface area contributed by atoms with Crippen molar-refractivity contribution in [1.82, 2.24) is 0 Å². The zero-order valence-corrected chi connectivity index (χ0v) is 10.2. The van der Waals surface area contributed by atoms with Gasteiger partial charge in [-0.05, 0) is 31.5 Å². The van der Waals surface area contributed by atoms with Crippen molar-refractivity contribution < 1.29 is 13.9 Å². The topological polar surface area (TPSA) is 51.0 Å². The number of benzene rings is 1. The van der Waals surface area contributed by atoms with Crippen LogP contribution in [0.1, 0.15) is 19.4 Å². The van der Waals surface area contributed by atoms with Crippen LogP contribution >= 0.6 is 11.6 Å². The summed E-state index contributed by atoms with van der Waals surface area (Å²) in [6.45, 7) is 3.42. The molecule has 0 aliphatic carbocycles. The van der Waals surface area contributed by atoms with Gasteiger partial charge in [0.15, 0.2) is 5.00 Å². The number of alkyl halides is 1. The Bertz CT molecular complexity index is 418. The molecular weight excluding hydrogens is 247 g/mol. The first-order valence-electron chi connectivity index (χ1n) is 5.00. The van der Waals surface area contributed by atoms with E-state index in [1.165, 1.54) is 24.3 Å². The smallest absolute Gasteiger partial charge is 0.447 e. The van der Waals surface area contributed by atoms with Gasteiger partial charge in [0.05, 0.1) is 6.61 Å². The number of halogens is 2. The van der Waals surface area contributed by atoms with Crippen LogP contribution in [0, 0.1) is 5.82 Å². The maximum atomic E-state index is 12.7. The molecule has 4 nitrogen and oxygen atoms in total. The van der Waals surface area contributed by atoms with Gasteiger partial charge in [-0.1, -0.05) is 28.8 Å². The summed E-state index contributed by atoms with van der Waals surface area (Å²) in [5.41, 5.74) is 0.536. The number of azo groups is 1. The summed E-state index contributed by atoms with van der Waals surface area (Å²) >= 11 is 6.07. The lowest BCUT2D eigenvalue weighted by atomic mass is 10.1. The number of amides is 1. The third-order valence-corrected chi connectivity index (χ3v) is 2.25. The van der Waals surface area contributed by atoms with Gasteiger partial charge in [-0.3, -0.25) is 0 Å². The molecule has 92 valence electrons. The Balaban J connectivity index is 2.80. The number of hydrogen-bond acceptors (Lipinski definition) is 3. The fraction of sp³-hybridized carbons (Fsp3) is 0.364. The Hall–Kier alpha value is -1.49. The molecule has 0 aromatic heterocycles. The zero-order chi connectivity index (χ0) is 12.9. The molecule has 1 aromatic rings. The first-order chi connectivity index (χ1) is 7.95. The van der Waals surface area contributed by atoms with E-state index in [1.54, 1.807) is 13.8 Å². The quantitative estimate of drug-likeness (QED) is 0.470. The van der Waals surface area contributed by atoms with Crippen molar-refractivity contribution >= 4 is 17.7 Å². The van der Waals surface area contributed by atoms with E-state index in [0.717, 1.165) is 0 Å². The average Bonchev–Trinajstić information content (AvgIpc) is 2.28. The van der Waals surface area contributed by atoms with Crippen LogP contribution in [0.5, 0.6) is 0 Å². The summed E-state index contributed by atoms with van der Waals surface area (Å²) in [7, 11) is 0. The second-order valence-electron chi connectivity index (χ2n) is 3.36. The third kappa shape index (κ3) is 4.11. The third-order valence-electron chi connectivity index (χ3n) is 1.96. The van der Waals surface area contributed by atoms with Crippen LogP contribution in [-0.2, 0) is 9.73 Å². The largest absolute Gasteiger partial charge is 0.452 e. The van der Waals surface area contributed by atoms with Crippen LogP contribution < -0.4 is 0 Å². The van der Waals surface area contributed by atoms with E-state index < -0.39 is 11.1 Å². The van der Waals surface area contributed by atoms with Crippen molar-refractivity contribution in [2.45, 2.75) is 18.8 Å². The number of rotatable bonds is 3. The van der Waals surface area contributed by atoms with Crippen molar-refractivity contribution in [1.29, 1.82) is 0 Å². The molecule has 0 spiro atoms. The normalized spacial score (nSPS) is 14.6. The molecule has 0 aliphatic heterocycles. The van der Waals surface area contributed by atoms with Crippen molar-refractivity contribution in [3.63, 3.8) is 0 Å². The van der Waals surface area contributed by atoms with E-state index in [0.29, 0.717) is 5.56 Å². The highest BCUT2D eigenvalue weighted by molar-refractivity contribution is 6.23. The Morgan fingerprint density at radius 1 is 1.47 bits per heavy atom. The highest BCUT2D eigenvalue weighted by Crippen LogP contribution is 2.30. The molecule has 1 aromatic carbocycles. The molecule has 0 saturated carbocycles. The highest BCUT2D eigenvalue weighted by atomic mass is 35.5. The fourth-order valence-corrected chi connectivity index (χ4v) is 1.26. The van der Waals surface area contributed by atoms with Gasteiger partial charge in [-0.25, -0.2) is 9.18 Å². The molecule has 1 amide bonds. The Morgan fingerprint density at radius 3 is 2.59 bits per heavy atom. The molecule has 0 bridgehead atoms. The molecule has 1 unspecified atom stereocenters. The van der Waals surface area contributed by atoms with Gasteiger partial charge in [0.2, 0.25) is 0 Å². The molecule has 0 heterocycles. The molecule has 0 fully saturated rings. The fourth-order valence-electron chi connectivity index (χ4n) is 1.10. The van der Waals surface area contributed by atoms with Crippen LogP contribution in [0.15, 0.2) is 34.5 Å². The second-order valence-corrected chi connectivity index (χ2v) is 4.10. The minimum Gasteiger partial charge on any atom is -0.447 e. The van der Waals surface area contributed by atoms with Crippen LogP contribution in [-0.4, -0.2) is 12.7 Å². The monoisotopic (exact) mass is 258 g/mol. The molecule has 0 saturated heterocycles. The predicted molar refractivity (Wildman–Crippen MR) is 61.5 cm³/mol. The van der Waals surface area contributed by atoms with Gasteiger partial charge in [0.25, 0.3) is 0 Å². The summed E-state index contributed by atoms with van der Waals surface area (Å²) in [4.78, 5) is 9.75. The van der Waals surface area contributed by atoms with Crippen LogP contribution in [0.2, 0.25) is 0 Å². The number of ether oxygens (including phenoxy) is 1. The van der Waals surface area contributed by atoms with E-state index in [1.807, 2.05) is 0 Å². The van der Waals surface area contributed by atoms with Crippen LogP contribution in [0.3, 0.4) is 0 Å². The standard InChI is InChI=1S/C11H12ClFN2O2/c1-3-17-10(16)14-15-11(2,12)8-4-6-9(13)7-5-8/h4-7H,3H2,1-2H3/b15-14+. The van der Waals surface area contributed by atoms with Gasteiger partial charge < -0.3 is 4.74 Å². The Labute approximate surface area is 103 Å². The Morgan fingerprint density at radius 2 is 2.06 bits per heavy atom. The summed E-state index contributed by atoms with van der Waals surface area (Å²) in [6.07, 6.45) is -0.804. The van der Waals surface area contributed by atoms with E-state index in [9.17, 15) is 9.18 Å². The van der Waals surface area contributed by atoms with E-state index in [2.05, 4.69) is 15.0 Å². The molecule has 0 N–H and O–H groups in total. The minimum atomic E-state index is -1.22. The van der Waals surface area contributed by atoms with Crippen molar-refractivity contribution in [3.05, 3.63) is 35.6 Å². The van der Waals surface area contributed by atoms with Gasteiger partial charge in [0, 0.05) is 0 Å². The van der Waals surface area contributed by atoms with Gasteiger partial charge in [-0.15, -0.1) is 0 Å². The van der Waals surface area contributed by atoms with E-state index >= 15 is 0 Å². The molecule has 1 atom stereocenters. The maximum absolute atomic E-state index is 12.7. The Kier molecular flexibility index (Phi) is 4.57. The molecule has 17 heavy (non-hydrogen) atoms. The zero-order valence-electron chi connectivity index (χ0n) is 9.48. The second kappa shape index (κ2) is 5.72. The SMILES string of the molecule is CCOC(=O)/N=N/C(C)(Cl)c1ccc(F)cc1. The van der Waals surface area contributed by atoms with Crippen LogP contribution in [0.25, 0.3) is 0 Å². The van der Waals surface area contributed by atoms with Gasteiger partial charge in [0.1, 0.15) is 5.82 Å². The van der Waals surface area contributed by atoms with Gasteiger partial charge in [-0.2, -0.15) is 5.11 Å². The maximum Gasteiger partial charge on any atom is 0.452 e. The van der Waals surface area contributed by atoms with Crippen molar-refractivity contribution in [2.24, 2.45) is 10.2 Å². The lowest BCUT2D eigenvalue weighted by Gasteiger charge is -2.15. The van der Waals surface area contributed by atoms with E-state index in [4.69, 9.17) is 11.6 Å². The summed E-state index contributed by atoms with van der Waals surface area (Å²) < 4.78 is 17.3. The first-order valence-corrected chi connectivity index (χ1v) is 5.38. The number of carbonyl (C=O) groups excluding carboxylic acids is 1. The number of hydrogen-bond donors (Lipinski definition) is 0. The highest BCUT2D eigenvalue weighted by Gasteiger charge is 2.23. The summed E-state index contributed by atoms with van der Waals surface area (Å²) in [5, 5.41) is 6.99. The van der Waals surface area contributed by atoms with Crippen LogP contribution in [0.4, 0.5) is 9.18 Å². The first kappa shape index (κ1) is 13.6. The van der Waals surface area contributed by atoms with Crippen molar-refractivity contribution in [2.75, 3.05) is 6.61 Å². The molecule has 6 heteroatoms. The van der Waals surface area contributed by atoms with E-state index in [-0.39, 0.29) is 12.4 Å². The summed E-state index contributed by atoms with van der Waals surface area (Å²) in [6, 6.07) is 5.48. The summed E-state index contributed by atoms with van der Waals surface area (Å²) in [5.74, 6) is -0.372. The van der Waals surface area contributed by atoms with Gasteiger partial charge >= 0.3 is 6.09 Å². The molecule has 0 radical (unpaired) electrons. The molecular formula is C11H12ClFN2O2. The predicted octanol–water partition coefficient (Wildman–Crippen LogP) is 3.85. The minimum absolute atomic E-state index is 0.216. The lowest BCUT2D eigenvalue weighted by molar-refractivity contribution is 0.161.